The zero-order valence-corrected chi connectivity index (χ0v) is 37.6. The number of carboxylic acid groups (broad SMARTS) is 1. The van der Waals surface area contributed by atoms with Gasteiger partial charge in [-0.15, -0.1) is 0 Å². The van der Waals surface area contributed by atoms with Gasteiger partial charge in [-0.2, -0.15) is 0 Å². The fourth-order valence-corrected chi connectivity index (χ4v) is 6.83. The standard InChI is InChI=1S/C52H89NO5/c1-3-5-7-9-11-13-15-17-19-20-21-22-23-24-26-28-30-32-34-39-43-47-52(57)58-49(45-41-37-35-38-42-46-50(54)53-48-51(55)56)44-40-36-33-31-29-27-25-18-16-14-12-10-8-6-4-2/h5,7,11,13,16-19,21-22,27,29,49H,3-4,6,8-10,12,14-15,20,23-26,28,30-48H2,1-2H3,(H,53,54)(H,55,56)/b7-5-,13-11-,18-16-,19-17-,22-21-,29-27-. The molecule has 2 N–H and O–H groups in total. The first-order valence-corrected chi connectivity index (χ1v) is 24.1. The number of ether oxygens (including phenoxy) is 1. The van der Waals surface area contributed by atoms with Gasteiger partial charge in [0.25, 0.3) is 0 Å². The Morgan fingerprint density at radius 1 is 0.466 bits per heavy atom. The minimum atomic E-state index is -1.02. The minimum Gasteiger partial charge on any atom is -0.480 e. The summed E-state index contributed by atoms with van der Waals surface area (Å²) in [7, 11) is 0. The van der Waals surface area contributed by atoms with Crippen LogP contribution in [0.4, 0.5) is 0 Å². The van der Waals surface area contributed by atoms with Gasteiger partial charge in [-0.3, -0.25) is 14.4 Å². The van der Waals surface area contributed by atoms with Crippen molar-refractivity contribution >= 4 is 17.8 Å². The van der Waals surface area contributed by atoms with Gasteiger partial charge in [0.2, 0.25) is 5.91 Å². The average molecular weight is 808 g/mol. The Bertz CT molecular complexity index is 1120. The van der Waals surface area contributed by atoms with Crippen LogP contribution in [0, 0.1) is 0 Å². The number of unbranched alkanes of at least 4 members (excludes halogenated alkanes) is 20. The number of carboxylic acids is 1. The number of amides is 1. The molecule has 0 fully saturated rings. The van der Waals surface area contributed by atoms with Crippen molar-refractivity contribution in [2.75, 3.05) is 6.54 Å². The summed E-state index contributed by atoms with van der Waals surface area (Å²) < 4.78 is 6.04. The average Bonchev–Trinajstić information content (AvgIpc) is 3.21. The first-order valence-electron chi connectivity index (χ1n) is 24.1. The number of nitrogens with one attached hydrogen (secondary N) is 1. The predicted molar refractivity (Wildman–Crippen MR) is 249 cm³/mol. The van der Waals surface area contributed by atoms with Gasteiger partial charge in [0.1, 0.15) is 12.6 Å². The van der Waals surface area contributed by atoms with E-state index in [9.17, 15) is 14.4 Å². The molecule has 6 nitrogen and oxygen atoms in total. The zero-order chi connectivity index (χ0) is 42.3. The third-order valence-corrected chi connectivity index (χ3v) is 10.4. The molecule has 58 heavy (non-hydrogen) atoms. The molecule has 6 heteroatoms. The monoisotopic (exact) mass is 808 g/mol. The fourth-order valence-electron chi connectivity index (χ4n) is 6.83. The number of esters is 1. The van der Waals surface area contributed by atoms with Gasteiger partial charge >= 0.3 is 11.9 Å². The summed E-state index contributed by atoms with van der Waals surface area (Å²) >= 11 is 0. The highest BCUT2D eigenvalue weighted by Gasteiger charge is 2.14. The first kappa shape index (κ1) is 54.9. The summed E-state index contributed by atoms with van der Waals surface area (Å²) in [6.45, 7) is 4.11. The summed E-state index contributed by atoms with van der Waals surface area (Å²) in [6, 6.07) is 0. The molecule has 1 unspecified atom stereocenters. The Hall–Kier alpha value is -3.15. The molecule has 1 amide bonds. The third-order valence-electron chi connectivity index (χ3n) is 10.4. The first-order chi connectivity index (χ1) is 28.5. The second-order valence-corrected chi connectivity index (χ2v) is 16.0. The maximum atomic E-state index is 12.8. The number of hydrogen-bond donors (Lipinski definition) is 2. The molecule has 0 aliphatic carbocycles. The highest BCUT2D eigenvalue weighted by molar-refractivity contribution is 5.80. The number of carbonyl (C=O) groups excluding carboxylic acids is 2. The maximum absolute atomic E-state index is 12.8. The minimum absolute atomic E-state index is 0.00590. The predicted octanol–water partition coefficient (Wildman–Crippen LogP) is 15.3. The molecule has 0 aliphatic heterocycles. The Morgan fingerprint density at radius 2 is 0.845 bits per heavy atom. The molecule has 332 valence electrons. The van der Waals surface area contributed by atoms with E-state index in [0.29, 0.717) is 12.8 Å². The highest BCUT2D eigenvalue weighted by Crippen LogP contribution is 2.18. The van der Waals surface area contributed by atoms with Crippen LogP contribution < -0.4 is 5.32 Å². The Labute approximate surface area is 357 Å². The largest absolute Gasteiger partial charge is 0.480 e. The zero-order valence-electron chi connectivity index (χ0n) is 37.6. The maximum Gasteiger partial charge on any atom is 0.322 e. The smallest absolute Gasteiger partial charge is 0.322 e. The lowest BCUT2D eigenvalue weighted by molar-refractivity contribution is -0.150. The lowest BCUT2D eigenvalue weighted by Gasteiger charge is -2.18. The summed E-state index contributed by atoms with van der Waals surface area (Å²) in [5, 5.41) is 11.1. The third kappa shape index (κ3) is 45.6. The molecule has 0 aromatic heterocycles. The molecule has 0 saturated heterocycles. The number of hydrogen-bond acceptors (Lipinski definition) is 4. The molecule has 0 aromatic rings. The molecule has 0 spiro atoms. The van der Waals surface area contributed by atoms with Crippen molar-refractivity contribution in [1.29, 1.82) is 0 Å². The van der Waals surface area contributed by atoms with E-state index in [1.165, 1.54) is 89.9 Å². The van der Waals surface area contributed by atoms with Crippen molar-refractivity contribution in [2.24, 2.45) is 0 Å². The molecule has 0 radical (unpaired) electrons. The molecule has 0 aliphatic rings. The Kier molecular flexibility index (Phi) is 44.0. The SMILES string of the molecule is CC/C=C\C/C=C\C/C=C\C/C=C\CCCCCCCCCCC(=O)OC(CCCCC/C=C\C/C=C\CCCCCCC)CCCCCCCC(=O)NCC(=O)O. The van der Waals surface area contributed by atoms with E-state index in [0.717, 1.165) is 109 Å². The molecular weight excluding hydrogens is 719 g/mol. The topological polar surface area (TPSA) is 92.7 Å². The second kappa shape index (κ2) is 46.5. The molecule has 0 heterocycles. The second-order valence-electron chi connectivity index (χ2n) is 16.0. The van der Waals surface area contributed by atoms with Crippen LogP contribution in [-0.2, 0) is 19.1 Å². The lowest BCUT2D eigenvalue weighted by Crippen LogP contribution is -2.28. The van der Waals surface area contributed by atoms with Crippen LogP contribution in [-0.4, -0.2) is 35.6 Å². The van der Waals surface area contributed by atoms with E-state index in [-0.39, 0.29) is 24.5 Å². The normalized spacial score (nSPS) is 12.7. The van der Waals surface area contributed by atoms with Crippen LogP contribution in [0.25, 0.3) is 0 Å². The Balaban J connectivity index is 4.20. The van der Waals surface area contributed by atoms with Gasteiger partial charge in [0.15, 0.2) is 0 Å². The number of rotatable bonds is 43. The van der Waals surface area contributed by atoms with E-state index < -0.39 is 5.97 Å². The number of aliphatic carboxylic acids is 1. The number of carbonyl (C=O) groups is 3. The molecular formula is C52H89NO5. The number of allylic oxidation sites excluding steroid dienone is 12. The van der Waals surface area contributed by atoms with Crippen LogP contribution in [0.5, 0.6) is 0 Å². The van der Waals surface area contributed by atoms with E-state index in [2.05, 4.69) is 92.1 Å². The van der Waals surface area contributed by atoms with Gasteiger partial charge in [0, 0.05) is 12.8 Å². The van der Waals surface area contributed by atoms with Crippen LogP contribution in [0.2, 0.25) is 0 Å². The van der Waals surface area contributed by atoms with E-state index in [4.69, 9.17) is 9.84 Å². The van der Waals surface area contributed by atoms with Gasteiger partial charge in [-0.05, 0) is 109 Å². The molecule has 0 rings (SSSR count). The van der Waals surface area contributed by atoms with Crippen molar-refractivity contribution in [3.05, 3.63) is 72.9 Å². The van der Waals surface area contributed by atoms with E-state index >= 15 is 0 Å². The van der Waals surface area contributed by atoms with Crippen molar-refractivity contribution in [1.82, 2.24) is 5.32 Å². The van der Waals surface area contributed by atoms with Gasteiger partial charge < -0.3 is 15.2 Å². The molecule has 0 bridgehead atoms. The van der Waals surface area contributed by atoms with Crippen LogP contribution in [0.15, 0.2) is 72.9 Å². The van der Waals surface area contributed by atoms with Crippen molar-refractivity contribution in [2.45, 2.75) is 232 Å². The van der Waals surface area contributed by atoms with E-state index in [1.807, 2.05) is 0 Å². The lowest BCUT2D eigenvalue weighted by atomic mass is 10.0. The van der Waals surface area contributed by atoms with Crippen LogP contribution in [0.3, 0.4) is 0 Å². The summed E-state index contributed by atoms with van der Waals surface area (Å²) in [5.41, 5.74) is 0. The van der Waals surface area contributed by atoms with E-state index in [1.54, 1.807) is 0 Å². The fraction of sp³-hybridized carbons (Fsp3) is 0.712. The summed E-state index contributed by atoms with van der Waals surface area (Å²) in [5.74, 6) is -1.26. The van der Waals surface area contributed by atoms with Gasteiger partial charge in [0.05, 0.1) is 0 Å². The van der Waals surface area contributed by atoms with Crippen molar-refractivity contribution < 1.29 is 24.2 Å². The van der Waals surface area contributed by atoms with Crippen LogP contribution >= 0.6 is 0 Å². The van der Waals surface area contributed by atoms with Crippen LogP contribution in [0.1, 0.15) is 226 Å². The van der Waals surface area contributed by atoms with Crippen molar-refractivity contribution in [3.8, 4) is 0 Å². The quantitative estimate of drug-likeness (QED) is 0.0364. The summed E-state index contributed by atoms with van der Waals surface area (Å²) in [4.78, 5) is 35.2. The molecule has 0 saturated carbocycles. The van der Waals surface area contributed by atoms with Gasteiger partial charge in [-0.1, -0.05) is 177 Å². The van der Waals surface area contributed by atoms with Crippen molar-refractivity contribution in [3.63, 3.8) is 0 Å². The summed E-state index contributed by atoms with van der Waals surface area (Å²) in [6.07, 6.45) is 63.2. The highest BCUT2D eigenvalue weighted by atomic mass is 16.5. The Morgan fingerprint density at radius 3 is 1.31 bits per heavy atom. The molecule has 1 atom stereocenters. The van der Waals surface area contributed by atoms with Gasteiger partial charge in [-0.25, -0.2) is 0 Å². The molecule has 0 aromatic carbocycles.